The van der Waals surface area contributed by atoms with Crippen molar-refractivity contribution in [3.8, 4) is 0 Å². The molecule has 0 spiro atoms. The van der Waals surface area contributed by atoms with Crippen LogP contribution in [0.2, 0.25) is 0 Å². The summed E-state index contributed by atoms with van der Waals surface area (Å²) in [6, 6.07) is 5.40. The SMILES string of the molecule is CC(=O)c1ccc(S(=O)(=O)N2CCCCC2C(=O)NC23CC4CC(CC(C4)C2)C3)cc1. The van der Waals surface area contributed by atoms with Crippen LogP contribution in [0.25, 0.3) is 0 Å². The molecule has 1 amide bonds. The molecule has 0 radical (unpaired) electrons. The number of sulfonamides is 1. The molecule has 1 saturated heterocycles. The fraction of sp³-hybridized carbons (Fsp3) is 0.667. The van der Waals surface area contributed by atoms with Crippen molar-refractivity contribution in [3.05, 3.63) is 29.8 Å². The van der Waals surface area contributed by atoms with Crippen LogP contribution >= 0.6 is 0 Å². The molecule has 168 valence electrons. The first-order chi connectivity index (χ1) is 14.8. The number of nitrogens with zero attached hydrogens (tertiary/aromatic N) is 1. The number of benzene rings is 1. The highest BCUT2D eigenvalue weighted by Crippen LogP contribution is 2.55. The van der Waals surface area contributed by atoms with Gasteiger partial charge in [-0.25, -0.2) is 8.42 Å². The van der Waals surface area contributed by atoms with Crippen molar-refractivity contribution in [2.45, 2.75) is 81.2 Å². The monoisotopic (exact) mass is 444 g/mol. The zero-order valence-electron chi connectivity index (χ0n) is 18.2. The first kappa shape index (κ1) is 21.1. The lowest BCUT2D eigenvalue weighted by Crippen LogP contribution is -2.63. The average Bonchev–Trinajstić information content (AvgIpc) is 2.72. The van der Waals surface area contributed by atoms with E-state index in [0.717, 1.165) is 49.9 Å². The average molecular weight is 445 g/mol. The fourth-order valence-corrected chi connectivity index (χ4v) is 8.72. The molecule has 1 atom stereocenters. The van der Waals surface area contributed by atoms with E-state index in [1.165, 1.54) is 42.6 Å². The number of nitrogens with one attached hydrogen (secondary N) is 1. The van der Waals surface area contributed by atoms with Crippen molar-refractivity contribution >= 4 is 21.7 Å². The van der Waals surface area contributed by atoms with Gasteiger partial charge in [-0.1, -0.05) is 18.6 Å². The topological polar surface area (TPSA) is 83.6 Å². The van der Waals surface area contributed by atoms with E-state index >= 15 is 0 Å². The highest BCUT2D eigenvalue weighted by molar-refractivity contribution is 7.89. The van der Waals surface area contributed by atoms with E-state index in [0.29, 0.717) is 18.5 Å². The van der Waals surface area contributed by atoms with Gasteiger partial charge in [0.15, 0.2) is 5.78 Å². The second-order valence-corrected chi connectivity index (χ2v) is 12.3. The van der Waals surface area contributed by atoms with E-state index in [1.807, 2.05) is 0 Å². The van der Waals surface area contributed by atoms with E-state index in [4.69, 9.17) is 0 Å². The summed E-state index contributed by atoms with van der Waals surface area (Å²) < 4.78 is 28.2. The van der Waals surface area contributed by atoms with Crippen molar-refractivity contribution in [1.29, 1.82) is 0 Å². The Labute approximate surface area is 184 Å². The van der Waals surface area contributed by atoms with Crippen LogP contribution in [-0.4, -0.2) is 42.5 Å². The molecular weight excluding hydrogens is 412 g/mol. The molecule has 1 aliphatic heterocycles. The van der Waals surface area contributed by atoms with Gasteiger partial charge in [0.25, 0.3) is 0 Å². The van der Waals surface area contributed by atoms with Crippen molar-refractivity contribution in [1.82, 2.24) is 9.62 Å². The Hall–Kier alpha value is -1.73. The van der Waals surface area contributed by atoms with Gasteiger partial charge < -0.3 is 5.32 Å². The van der Waals surface area contributed by atoms with E-state index in [2.05, 4.69) is 5.32 Å². The Morgan fingerprint density at radius 1 is 0.968 bits per heavy atom. The maximum Gasteiger partial charge on any atom is 0.243 e. The van der Waals surface area contributed by atoms with Crippen LogP contribution in [0.3, 0.4) is 0 Å². The Bertz CT molecular complexity index is 950. The lowest BCUT2D eigenvalue weighted by molar-refractivity contribution is -0.131. The van der Waals surface area contributed by atoms with Gasteiger partial charge in [0.1, 0.15) is 6.04 Å². The van der Waals surface area contributed by atoms with Crippen LogP contribution < -0.4 is 5.32 Å². The lowest BCUT2D eigenvalue weighted by atomic mass is 9.53. The first-order valence-electron chi connectivity index (χ1n) is 11.7. The summed E-state index contributed by atoms with van der Waals surface area (Å²) in [6.45, 7) is 1.81. The minimum Gasteiger partial charge on any atom is -0.349 e. The molecule has 4 aliphatic carbocycles. The van der Waals surface area contributed by atoms with Gasteiger partial charge in [-0.05, 0) is 88.2 Å². The molecule has 1 aromatic carbocycles. The summed E-state index contributed by atoms with van der Waals surface area (Å²) in [4.78, 5) is 25.1. The van der Waals surface area contributed by atoms with Crippen LogP contribution in [-0.2, 0) is 14.8 Å². The molecule has 1 heterocycles. The summed E-state index contributed by atoms with van der Waals surface area (Å²) in [5.41, 5.74) is 0.357. The summed E-state index contributed by atoms with van der Waals surface area (Å²) in [7, 11) is -3.80. The van der Waals surface area contributed by atoms with Crippen molar-refractivity contribution in [2.75, 3.05) is 6.54 Å². The van der Waals surface area contributed by atoms with Crippen LogP contribution in [0.4, 0.5) is 0 Å². The van der Waals surface area contributed by atoms with Crippen LogP contribution in [0.15, 0.2) is 29.2 Å². The predicted octanol–water partition coefficient (Wildman–Crippen LogP) is 3.52. The smallest absolute Gasteiger partial charge is 0.243 e. The quantitative estimate of drug-likeness (QED) is 0.705. The number of rotatable bonds is 5. The summed E-state index contributed by atoms with van der Waals surface area (Å²) in [5, 5.41) is 3.38. The van der Waals surface area contributed by atoms with Gasteiger partial charge in [0, 0.05) is 17.6 Å². The van der Waals surface area contributed by atoms with E-state index in [-0.39, 0.29) is 22.1 Å². The standard InChI is InChI=1S/C24H32N2O4S/c1-16(27)20-5-7-21(8-6-20)31(29,30)26-9-3-2-4-22(26)23(28)25-24-13-17-10-18(14-24)12-19(11-17)15-24/h5-8,17-19,22H,2-4,9-15H2,1H3,(H,25,28). The third kappa shape index (κ3) is 3.84. The molecule has 0 aromatic heterocycles. The third-order valence-corrected chi connectivity index (χ3v) is 9.97. The summed E-state index contributed by atoms with van der Waals surface area (Å²) >= 11 is 0. The van der Waals surface area contributed by atoms with Gasteiger partial charge in [0.05, 0.1) is 4.90 Å². The van der Waals surface area contributed by atoms with Crippen LogP contribution in [0, 0.1) is 17.8 Å². The predicted molar refractivity (Wildman–Crippen MR) is 117 cm³/mol. The number of amides is 1. The molecule has 4 bridgehead atoms. The second-order valence-electron chi connectivity index (χ2n) is 10.4. The summed E-state index contributed by atoms with van der Waals surface area (Å²) in [6.07, 6.45) is 9.23. The molecule has 7 heteroatoms. The van der Waals surface area contributed by atoms with Gasteiger partial charge in [-0.3, -0.25) is 9.59 Å². The normalized spacial score (nSPS) is 35.1. The molecule has 1 N–H and O–H groups in total. The number of piperidine rings is 1. The first-order valence-corrected chi connectivity index (χ1v) is 13.1. The highest BCUT2D eigenvalue weighted by atomic mass is 32.2. The molecule has 4 saturated carbocycles. The number of hydrogen-bond acceptors (Lipinski definition) is 4. The number of Topliss-reactive ketones (excluding diaryl/α,β-unsaturated/α-hetero) is 1. The van der Waals surface area contributed by atoms with Gasteiger partial charge in [-0.2, -0.15) is 4.31 Å². The number of carbonyl (C=O) groups is 2. The fourth-order valence-electron chi connectivity index (χ4n) is 7.06. The highest BCUT2D eigenvalue weighted by Gasteiger charge is 2.52. The minimum absolute atomic E-state index is 0.102. The Morgan fingerprint density at radius 2 is 1.55 bits per heavy atom. The van der Waals surface area contributed by atoms with Crippen LogP contribution in [0.5, 0.6) is 0 Å². The lowest BCUT2D eigenvalue weighted by Gasteiger charge is -2.57. The number of hydrogen-bond donors (Lipinski definition) is 1. The van der Waals surface area contributed by atoms with E-state index in [9.17, 15) is 18.0 Å². The maximum atomic E-state index is 13.5. The van der Waals surface area contributed by atoms with Crippen LogP contribution in [0.1, 0.15) is 75.1 Å². The number of carbonyl (C=O) groups excluding carboxylic acids is 2. The summed E-state index contributed by atoms with van der Waals surface area (Å²) in [5.74, 6) is 1.94. The molecule has 5 aliphatic rings. The third-order valence-electron chi connectivity index (χ3n) is 8.05. The maximum absolute atomic E-state index is 13.5. The molecule has 1 aromatic rings. The molecule has 1 unspecified atom stereocenters. The Morgan fingerprint density at radius 3 is 2.10 bits per heavy atom. The van der Waals surface area contributed by atoms with Crippen molar-refractivity contribution < 1.29 is 18.0 Å². The molecule has 5 fully saturated rings. The van der Waals surface area contributed by atoms with E-state index in [1.54, 1.807) is 12.1 Å². The molecular formula is C24H32N2O4S. The Kier molecular flexibility index (Phi) is 5.25. The van der Waals surface area contributed by atoms with Crippen molar-refractivity contribution in [2.24, 2.45) is 17.8 Å². The number of ketones is 1. The zero-order valence-corrected chi connectivity index (χ0v) is 19.0. The minimum atomic E-state index is -3.80. The van der Waals surface area contributed by atoms with Gasteiger partial charge >= 0.3 is 0 Å². The van der Waals surface area contributed by atoms with Crippen molar-refractivity contribution in [3.63, 3.8) is 0 Å². The molecule has 31 heavy (non-hydrogen) atoms. The second kappa shape index (κ2) is 7.69. The largest absolute Gasteiger partial charge is 0.349 e. The molecule has 6 rings (SSSR count). The zero-order chi connectivity index (χ0) is 21.8. The van der Waals surface area contributed by atoms with Gasteiger partial charge in [-0.15, -0.1) is 0 Å². The van der Waals surface area contributed by atoms with E-state index < -0.39 is 16.1 Å². The molecule has 6 nitrogen and oxygen atoms in total. The Balaban J connectivity index is 1.36. The van der Waals surface area contributed by atoms with Gasteiger partial charge in [0.2, 0.25) is 15.9 Å².